The van der Waals surface area contributed by atoms with Crippen molar-refractivity contribution < 1.29 is 14.6 Å². The molecule has 6 heteroatoms. The lowest BCUT2D eigenvalue weighted by atomic mass is 10.1. The summed E-state index contributed by atoms with van der Waals surface area (Å²) >= 11 is 0. The third kappa shape index (κ3) is 3.33. The van der Waals surface area contributed by atoms with Crippen molar-refractivity contribution >= 4 is 5.91 Å². The van der Waals surface area contributed by atoms with Crippen LogP contribution in [-0.4, -0.2) is 38.8 Å². The average Bonchev–Trinajstić information content (AvgIpc) is 3.01. The molecule has 0 saturated carbocycles. The summed E-state index contributed by atoms with van der Waals surface area (Å²) in [5.74, 6) is 0.506. The van der Waals surface area contributed by atoms with Crippen LogP contribution in [0.4, 0.5) is 0 Å². The molecule has 2 aromatic rings. The summed E-state index contributed by atoms with van der Waals surface area (Å²) < 4.78 is 7.55. The first-order valence-electron chi connectivity index (χ1n) is 7.90. The topological polar surface area (TPSA) is 67.6 Å². The van der Waals surface area contributed by atoms with Crippen LogP contribution in [0, 0.1) is 0 Å². The monoisotopic (exact) mass is 327 g/mol. The van der Waals surface area contributed by atoms with Crippen LogP contribution in [0.2, 0.25) is 0 Å². The van der Waals surface area contributed by atoms with E-state index in [-0.39, 0.29) is 12.5 Å². The summed E-state index contributed by atoms with van der Waals surface area (Å²) in [6, 6.07) is 9.10. The number of fused-ring (bicyclic) bond motifs is 1. The summed E-state index contributed by atoms with van der Waals surface area (Å²) in [5.41, 5.74) is 3.01. The second kappa shape index (κ2) is 6.88. The summed E-state index contributed by atoms with van der Waals surface area (Å²) in [6.45, 7) is 7.67. The smallest absolute Gasteiger partial charge is 0.258 e. The van der Waals surface area contributed by atoms with Crippen LogP contribution in [-0.2, 0) is 19.7 Å². The van der Waals surface area contributed by atoms with Crippen LogP contribution in [0.1, 0.15) is 28.7 Å². The Bertz CT molecular complexity index is 767. The highest BCUT2D eigenvalue weighted by molar-refractivity contribution is 5.97. The van der Waals surface area contributed by atoms with Gasteiger partial charge in [0.2, 0.25) is 0 Å². The SMILES string of the molecule is C=C(C)COc1ccccc1C(=O)N1CCn2nc(CO)cc2C1. The molecule has 0 fully saturated rings. The Balaban J connectivity index is 1.79. The van der Waals surface area contributed by atoms with Crippen molar-refractivity contribution in [3.8, 4) is 5.75 Å². The van der Waals surface area contributed by atoms with Gasteiger partial charge in [-0.15, -0.1) is 0 Å². The van der Waals surface area contributed by atoms with E-state index < -0.39 is 0 Å². The first-order chi connectivity index (χ1) is 11.6. The van der Waals surface area contributed by atoms with Gasteiger partial charge in [0, 0.05) is 6.54 Å². The fraction of sp³-hybridized carbons (Fsp3) is 0.333. The predicted molar refractivity (Wildman–Crippen MR) is 89.6 cm³/mol. The predicted octanol–water partition coefficient (Wildman–Crippen LogP) is 1.99. The molecule has 1 aromatic heterocycles. The summed E-state index contributed by atoms with van der Waals surface area (Å²) in [5, 5.41) is 13.5. The van der Waals surface area contributed by atoms with E-state index in [1.165, 1.54) is 0 Å². The average molecular weight is 327 g/mol. The Morgan fingerprint density at radius 3 is 2.92 bits per heavy atom. The van der Waals surface area contributed by atoms with E-state index in [1.54, 1.807) is 17.0 Å². The number of nitrogens with zero attached hydrogens (tertiary/aromatic N) is 3. The quantitative estimate of drug-likeness (QED) is 0.853. The van der Waals surface area contributed by atoms with Gasteiger partial charge in [-0.2, -0.15) is 5.10 Å². The van der Waals surface area contributed by atoms with Gasteiger partial charge in [0.05, 0.1) is 36.6 Å². The second-order valence-electron chi connectivity index (χ2n) is 5.98. The lowest BCUT2D eigenvalue weighted by molar-refractivity contribution is 0.0702. The van der Waals surface area contributed by atoms with Crippen molar-refractivity contribution in [1.82, 2.24) is 14.7 Å². The molecular weight excluding hydrogens is 306 g/mol. The number of amides is 1. The third-order valence-corrected chi connectivity index (χ3v) is 3.89. The first kappa shape index (κ1) is 16.3. The van der Waals surface area contributed by atoms with Crippen LogP contribution >= 0.6 is 0 Å². The van der Waals surface area contributed by atoms with Gasteiger partial charge in [-0.25, -0.2) is 0 Å². The number of hydrogen-bond donors (Lipinski definition) is 1. The van der Waals surface area contributed by atoms with E-state index in [9.17, 15) is 9.90 Å². The van der Waals surface area contributed by atoms with Gasteiger partial charge in [-0.1, -0.05) is 18.7 Å². The molecular formula is C18H21N3O3. The molecule has 1 aromatic carbocycles. The number of aromatic nitrogens is 2. The summed E-state index contributed by atoms with van der Waals surface area (Å²) in [4.78, 5) is 14.7. The molecule has 2 heterocycles. The molecule has 6 nitrogen and oxygen atoms in total. The normalized spacial score (nSPS) is 13.5. The minimum Gasteiger partial charge on any atom is -0.488 e. The number of carbonyl (C=O) groups is 1. The van der Waals surface area contributed by atoms with Gasteiger partial charge in [0.25, 0.3) is 5.91 Å². The van der Waals surface area contributed by atoms with Gasteiger partial charge in [0.15, 0.2) is 0 Å². The van der Waals surface area contributed by atoms with Crippen LogP contribution < -0.4 is 4.74 Å². The number of carbonyl (C=O) groups excluding carboxylic acids is 1. The van der Waals surface area contributed by atoms with E-state index in [2.05, 4.69) is 11.7 Å². The van der Waals surface area contributed by atoms with Crippen molar-refractivity contribution in [2.45, 2.75) is 26.6 Å². The Kier molecular flexibility index (Phi) is 4.66. The summed E-state index contributed by atoms with van der Waals surface area (Å²) in [7, 11) is 0. The fourth-order valence-electron chi connectivity index (χ4n) is 2.72. The van der Waals surface area contributed by atoms with E-state index in [1.807, 2.05) is 29.8 Å². The number of aliphatic hydroxyl groups is 1. The van der Waals surface area contributed by atoms with E-state index in [4.69, 9.17) is 4.74 Å². The summed E-state index contributed by atoms with van der Waals surface area (Å²) in [6.07, 6.45) is 0. The molecule has 0 unspecified atom stereocenters. The molecule has 0 radical (unpaired) electrons. The standard InChI is InChI=1S/C18H21N3O3/c1-13(2)12-24-17-6-4-3-5-16(17)18(23)20-7-8-21-15(10-20)9-14(11-22)19-21/h3-6,9,22H,1,7-8,10-12H2,2H3. The van der Waals surface area contributed by atoms with Gasteiger partial charge in [0.1, 0.15) is 12.4 Å². The maximum atomic E-state index is 12.9. The molecule has 0 aliphatic carbocycles. The largest absolute Gasteiger partial charge is 0.488 e. The van der Waals surface area contributed by atoms with Gasteiger partial charge in [-0.3, -0.25) is 9.48 Å². The van der Waals surface area contributed by atoms with E-state index in [0.29, 0.717) is 43.2 Å². The Morgan fingerprint density at radius 2 is 2.17 bits per heavy atom. The van der Waals surface area contributed by atoms with Crippen molar-refractivity contribution in [1.29, 1.82) is 0 Å². The maximum Gasteiger partial charge on any atom is 0.258 e. The van der Waals surface area contributed by atoms with Crippen molar-refractivity contribution in [2.24, 2.45) is 0 Å². The molecule has 0 atom stereocenters. The molecule has 0 bridgehead atoms. The molecule has 1 N–H and O–H groups in total. The zero-order valence-corrected chi connectivity index (χ0v) is 13.7. The lowest BCUT2D eigenvalue weighted by Gasteiger charge is -2.28. The number of aliphatic hydroxyl groups excluding tert-OH is 1. The molecule has 1 amide bonds. The Hall–Kier alpha value is -2.60. The zero-order valence-electron chi connectivity index (χ0n) is 13.7. The van der Waals surface area contributed by atoms with E-state index >= 15 is 0 Å². The molecule has 0 saturated heterocycles. The highest BCUT2D eigenvalue weighted by Crippen LogP contribution is 2.23. The highest BCUT2D eigenvalue weighted by Gasteiger charge is 2.25. The number of para-hydroxylation sites is 1. The molecule has 3 rings (SSSR count). The number of ether oxygens (including phenoxy) is 1. The molecule has 1 aliphatic heterocycles. The number of rotatable bonds is 5. The Morgan fingerprint density at radius 1 is 1.38 bits per heavy atom. The van der Waals surface area contributed by atoms with Crippen LogP contribution in [0.5, 0.6) is 5.75 Å². The first-order valence-corrected chi connectivity index (χ1v) is 7.90. The van der Waals surface area contributed by atoms with Gasteiger partial charge >= 0.3 is 0 Å². The minimum absolute atomic E-state index is 0.0645. The lowest BCUT2D eigenvalue weighted by Crippen LogP contribution is -2.38. The number of hydrogen-bond acceptors (Lipinski definition) is 4. The van der Waals surface area contributed by atoms with E-state index in [0.717, 1.165) is 11.3 Å². The zero-order chi connectivity index (χ0) is 17.1. The van der Waals surface area contributed by atoms with Crippen molar-refractivity contribution in [3.05, 3.63) is 59.4 Å². The second-order valence-corrected chi connectivity index (χ2v) is 5.98. The molecule has 24 heavy (non-hydrogen) atoms. The highest BCUT2D eigenvalue weighted by atomic mass is 16.5. The van der Waals surface area contributed by atoms with Crippen molar-refractivity contribution in [2.75, 3.05) is 13.2 Å². The fourth-order valence-corrected chi connectivity index (χ4v) is 2.72. The molecule has 126 valence electrons. The maximum absolute atomic E-state index is 12.9. The van der Waals surface area contributed by atoms with Crippen molar-refractivity contribution in [3.63, 3.8) is 0 Å². The minimum atomic E-state index is -0.0917. The van der Waals surface area contributed by atoms with Gasteiger partial charge in [-0.05, 0) is 30.7 Å². The van der Waals surface area contributed by atoms with Gasteiger partial charge < -0.3 is 14.7 Å². The van der Waals surface area contributed by atoms with Crippen LogP contribution in [0.15, 0.2) is 42.5 Å². The molecule has 0 spiro atoms. The third-order valence-electron chi connectivity index (χ3n) is 3.89. The number of benzene rings is 1. The molecule has 1 aliphatic rings. The van der Waals surface area contributed by atoms with Crippen LogP contribution in [0.25, 0.3) is 0 Å². The van der Waals surface area contributed by atoms with Crippen LogP contribution in [0.3, 0.4) is 0 Å². The Labute approximate surface area is 141 Å².